The summed E-state index contributed by atoms with van der Waals surface area (Å²) >= 11 is 0. The van der Waals surface area contributed by atoms with E-state index in [0.717, 1.165) is 43.3 Å². The maximum absolute atomic E-state index is 12.4. The van der Waals surface area contributed by atoms with Crippen LogP contribution in [0.1, 0.15) is 5.56 Å². The number of anilines is 2. The van der Waals surface area contributed by atoms with E-state index < -0.39 is 0 Å². The average Bonchev–Trinajstić information content (AvgIpc) is 2.71. The molecule has 0 aliphatic carbocycles. The van der Waals surface area contributed by atoms with Gasteiger partial charge in [0.05, 0.1) is 19.8 Å². The van der Waals surface area contributed by atoms with Crippen LogP contribution in [0, 0.1) is 6.92 Å². The lowest BCUT2D eigenvalue weighted by Crippen LogP contribution is -2.36. The zero-order valence-electron chi connectivity index (χ0n) is 16.0. The highest BCUT2D eigenvalue weighted by atomic mass is 16.5. The van der Waals surface area contributed by atoms with E-state index in [1.54, 1.807) is 11.9 Å². The van der Waals surface area contributed by atoms with Crippen LogP contribution >= 0.6 is 0 Å². The Morgan fingerprint density at radius 2 is 1.93 bits per heavy atom. The van der Waals surface area contributed by atoms with E-state index in [1.165, 1.54) is 5.69 Å². The van der Waals surface area contributed by atoms with Gasteiger partial charge in [0, 0.05) is 31.5 Å². The van der Waals surface area contributed by atoms with Crippen LogP contribution in [0.15, 0.2) is 48.5 Å². The third-order valence-corrected chi connectivity index (χ3v) is 4.61. The highest BCUT2D eigenvalue weighted by molar-refractivity contribution is 5.90. The van der Waals surface area contributed by atoms with Crippen LogP contribution in [0.25, 0.3) is 0 Å². The standard InChI is InChI=1S/C21H27N3O3/c1-17-16-18(24-11-13-26-14-12-24)8-9-20(17)22-21(25)23(2)10-15-27-19-6-4-3-5-7-19/h3-9,16H,10-15H2,1-2H3,(H,22,25). The van der Waals surface area contributed by atoms with Crippen LogP contribution in [-0.4, -0.2) is 57.4 Å². The van der Waals surface area contributed by atoms with Gasteiger partial charge < -0.3 is 24.6 Å². The van der Waals surface area contributed by atoms with Crippen molar-refractivity contribution in [3.63, 3.8) is 0 Å². The molecule has 144 valence electrons. The molecule has 2 amide bonds. The molecule has 0 unspecified atom stereocenters. The first-order valence-electron chi connectivity index (χ1n) is 9.27. The lowest BCUT2D eigenvalue weighted by molar-refractivity contribution is 0.122. The highest BCUT2D eigenvalue weighted by Crippen LogP contribution is 2.23. The Labute approximate surface area is 160 Å². The van der Waals surface area contributed by atoms with Crippen molar-refractivity contribution in [2.45, 2.75) is 6.92 Å². The number of hydrogen-bond donors (Lipinski definition) is 1. The summed E-state index contributed by atoms with van der Waals surface area (Å²) in [4.78, 5) is 16.3. The maximum Gasteiger partial charge on any atom is 0.321 e. The number of para-hydroxylation sites is 1. The normalized spacial score (nSPS) is 13.9. The van der Waals surface area contributed by atoms with E-state index in [9.17, 15) is 4.79 Å². The van der Waals surface area contributed by atoms with Gasteiger partial charge in [-0.1, -0.05) is 18.2 Å². The molecule has 1 heterocycles. The van der Waals surface area contributed by atoms with Crippen molar-refractivity contribution >= 4 is 17.4 Å². The van der Waals surface area contributed by atoms with Gasteiger partial charge in [0.2, 0.25) is 0 Å². The molecule has 2 aromatic carbocycles. The average molecular weight is 369 g/mol. The molecule has 1 fully saturated rings. The SMILES string of the molecule is Cc1cc(N2CCOCC2)ccc1NC(=O)N(C)CCOc1ccccc1. The molecule has 27 heavy (non-hydrogen) atoms. The summed E-state index contributed by atoms with van der Waals surface area (Å²) < 4.78 is 11.0. The summed E-state index contributed by atoms with van der Waals surface area (Å²) in [5, 5.41) is 2.98. The van der Waals surface area contributed by atoms with E-state index in [2.05, 4.69) is 16.3 Å². The van der Waals surface area contributed by atoms with Crippen LogP contribution in [0.5, 0.6) is 5.75 Å². The lowest BCUT2D eigenvalue weighted by atomic mass is 10.1. The summed E-state index contributed by atoms with van der Waals surface area (Å²) in [7, 11) is 1.77. The van der Waals surface area contributed by atoms with Crippen LogP contribution < -0.4 is 15.0 Å². The number of benzene rings is 2. The number of nitrogens with zero attached hydrogens (tertiary/aromatic N) is 2. The number of aryl methyl sites for hydroxylation is 1. The predicted molar refractivity (Wildman–Crippen MR) is 108 cm³/mol. The van der Waals surface area contributed by atoms with Gasteiger partial charge in [-0.3, -0.25) is 0 Å². The second-order valence-electron chi connectivity index (χ2n) is 6.61. The zero-order chi connectivity index (χ0) is 19.1. The lowest BCUT2D eigenvalue weighted by Gasteiger charge is -2.29. The van der Waals surface area contributed by atoms with Gasteiger partial charge in [-0.2, -0.15) is 0 Å². The number of ether oxygens (including phenoxy) is 2. The van der Waals surface area contributed by atoms with Gasteiger partial charge in [0.1, 0.15) is 12.4 Å². The molecule has 3 rings (SSSR count). The second kappa shape index (κ2) is 9.28. The molecule has 0 radical (unpaired) electrons. The summed E-state index contributed by atoms with van der Waals surface area (Å²) in [6.45, 7) is 6.28. The topological polar surface area (TPSA) is 54.0 Å². The molecule has 6 heteroatoms. The Hall–Kier alpha value is -2.73. The van der Waals surface area contributed by atoms with E-state index in [4.69, 9.17) is 9.47 Å². The van der Waals surface area contributed by atoms with Gasteiger partial charge in [0.25, 0.3) is 0 Å². The van der Waals surface area contributed by atoms with E-state index in [1.807, 2.05) is 49.4 Å². The molecule has 0 saturated carbocycles. The monoisotopic (exact) mass is 369 g/mol. The first-order chi connectivity index (χ1) is 13.1. The largest absolute Gasteiger partial charge is 0.492 e. The number of nitrogens with one attached hydrogen (secondary N) is 1. The molecule has 6 nitrogen and oxygen atoms in total. The fourth-order valence-corrected chi connectivity index (χ4v) is 2.94. The van der Waals surface area contributed by atoms with Crippen molar-refractivity contribution in [1.29, 1.82) is 0 Å². The number of amides is 2. The van der Waals surface area contributed by atoms with Crippen LogP contribution in [0.4, 0.5) is 16.2 Å². The maximum atomic E-state index is 12.4. The number of urea groups is 1. The number of rotatable bonds is 6. The first-order valence-corrected chi connectivity index (χ1v) is 9.27. The van der Waals surface area contributed by atoms with Gasteiger partial charge in [-0.25, -0.2) is 4.79 Å². The third kappa shape index (κ3) is 5.37. The third-order valence-electron chi connectivity index (χ3n) is 4.61. The Morgan fingerprint density at radius 3 is 2.63 bits per heavy atom. The van der Waals surface area contributed by atoms with Crippen molar-refractivity contribution in [2.75, 3.05) is 56.7 Å². The molecule has 0 aromatic heterocycles. The Morgan fingerprint density at radius 1 is 1.19 bits per heavy atom. The van der Waals surface area contributed by atoms with Crippen LogP contribution in [0.3, 0.4) is 0 Å². The summed E-state index contributed by atoms with van der Waals surface area (Å²) in [5.41, 5.74) is 3.03. The van der Waals surface area contributed by atoms with E-state index in [0.29, 0.717) is 13.2 Å². The van der Waals surface area contributed by atoms with Crippen molar-refractivity contribution in [2.24, 2.45) is 0 Å². The molecular formula is C21H27N3O3. The smallest absolute Gasteiger partial charge is 0.321 e. The molecule has 1 aliphatic rings. The van der Waals surface area contributed by atoms with E-state index in [-0.39, 0.29) is 6.03 Å². The Balaban J connectivity index is 1.50. The summed E-state index contributed by atoms with van der Waals surface area (Å²) in [6, 6.07) is 15.6. The quantitative estimate of drug-likeness (QED) is 0.848. The van der Waals surface area contributed by atoms with Crippen LogP contribution in [0.2, 0.25) is 0 Å². The Kier molecular flexibility index (Phi) is 6.54. The second-order valence-corrected chi connectivity index (χ2v) is 6.61. The van der Waals surface area contributed by atoms with Crippen molar-refractivity contribution in [1.82, 2.24) is 4.90 Å². The summed E-state index contributed by atoms with van der Waals surface area (Å²) in [5.74, 6) is 0.806. The number of carbonyl (C=O) groups is 1. The molecule has 0 bridgehead atoms. The van der Waals surface area contributed by atoms with Crippen LogP contribution in [-0.2, 0) is 4.74 Å². The molecule has 1 aliphatic heterocycles. The van der Waals surface area contributed by atoms with Crippen molar-refractivity contribution < 1.29 is 14.3 Å². The fraction of sp³-hybridized carbons (Fsp3) is 0.381. The number of hydrogen-bond acceptors (Lipinski definition) is 4. The highest BCUT2D eigenvalue weighted by Gasteiger charge is 2.14. The molecule has 1 saturated heterocycles. The molecule has 1 N–H and O–H groups in total. The molecule has 0 spiro atoms. The predicted octanol–water partition coefficient (Wildman–Crippen LogP) is 3.37. The van der Waals surface area contributed by atoms with Crippen molar-refractivity contribution in [3.05, 3.63) is 54.1 Å². The fourth-order valence-electron chi connectivity index (χ4n) is 2.94. The van der Waals surface area contributed by atoms with E-state index >= 15 is 0 Å². The summed E-state index contributed by atoms with van der Waals surface area (Å²) in [6.07, 6.45) is 0. The minimum atomic E-state index is -0.145. The molecule has 0 atom stereocenters. The number of morpholine rings is 1. The Bertz CT molecular complexity index is 746. The molecular weight excluding hydrogens is 342 g/mol. The van der Waals surface area contributed by atoms with Gasteiger partial charge in [-0.05, 0) is 42.8 Å². The minimum absolute atomic E-state index is 0.145. The molecule has 2 aromatic rings. The van der Waals surface area contributed by atoms with Gasteiger partial charge in [-0.15, -0.1) is 0 Å². The first kappa shape index (κ1) is 19.0. The van der Waals surface area contributed by atoms with Gasteiger partial charge in [0.15, 0.2) is 0 Å². The minimum Gasteiger partial charge on any atom is -0.492 e. The number of carbonyl (C=O) groups excluding carboxylic acids is 1. The zero-order valence-corrected chi connectivity index (χ0v) is 16.0. The van der Waals surface area contributed by atoms with Crippen molar-refractivity contribution in [3.8, 4) is 5.75 Å². The number of likely N-dealkylation sites (N-methyl/N-ethyl adjacent to an activating group) is 1. The van der Waals surface area contributed by atoms with Gasteiger partial charge >= 0.3 is 6.03 Å².